The Bertz CT molecular complexity index is 860. The van der Waals surface area contributed by atoms with Gasteiger partial charge in [-0.3, -0.25) is 24.2 Å². The van der Waals surface area contributed by atoms with Crippen molar-refractivity contribution in [1.82, 2.24) is 14.7 Å². The van der Waals surface area contributed by atoms with Crippen LogP contribution in [0.2, 0.25) is 0 Å². The standard InChI is InChI=1S/C33H65N3O8.2C3H6O/c1-11-31(37)42-28(6)23-35(24-29(7)43-32(38)12-2)18-15-14-17-34(21-26(4)40-9)19-16-20-36(22-27(5)41-10)25-30(8)44-33(39)13-3;2*1-2-3-4/h26-30H,11-25H2,1-10H3;2*3H,2H2,1H3. The topological polar surface area (TPSA) is 141 Å². The van der Waals surface area contributed by atoms with E-state index < -0.39 is 0 Å². The van der Waals surface area contributed by atoms with E-state index in [9.17, 15) is 24.0 Å². The molecule has 0 aliphatic heterocycles. The van der Waals surface area contributed by atoms with E-state index >= 15 is 0 Å². The highest BCUT2D eigenvalue weighted by Gasteiger charge is 2.20. The third-order valence-corrected chi connectivity index (χ3v) is 7.73. The van der Waals surface area contributed by atoms with Crippen LogP contribution in [0, 0.1) is 0 Å². The third-order valence-electron chi connectivity index (χ3n) is 7.73. The summed E-state index contributed by atoms with van der Waals surface area (Å²) >= 11 is 0. The molecular weight excluding hydrogens is 670 g/mol. The summed E-state index contributed by atoms with van der Waals surface area (Å²) in [5.41, 5.74) is 0. The smallest absolute Gasteiger partial charge is 0.305 e. The minimum Gasteiger partial charge on any atom is -0.461 e. The van der Waals surface area contributed by atoms with E-state index in [0.29, 0.717) is 51.7 Å². The first-order valence-electron chi connectivity index (χ1n) is 19.4. The van der Waals surface area contributed by atoms with Crippen LogP contribution in [0.1, 0.15) is 121 Å². The van der Waals surface area contributed by atoms with Gasteiger partial charge in [-0.2, -0.15) is 0 Å². The van der Waals surface area contributed by atoms with Crippen molar-refractivity contribution < 1.29 is 47.7 Å². The SMILES string of the molecule is CCC(=O)OC(C)CN(CCCN(CCCCN(CC(C)OC(=O)CC)CC(C)OC(=O)CC)CC(C)OC)CC(C)OC.CCC=O.CCC=O. The summed E-state index contributed by atoms with van der Waals surface area (Å²) in [6.07, 6.45) is 6.55. The predicted octanol–water partition coefficient (Wildman–Crippen LogP) is 5.35. The maximum Gasteiger partial charge on any atom is 0.305 e. The van der Waals surface area contributed by atoms with Crippen LogP contribution in [0.3, 0.4) is 0 Å². The Morgan fingerprint density at radius 1 is 0.462 bits per heavy atom. The number of hydrogen-bond acceptors (Lipinski definition) is 13. The molecule has 13 nitrogen and oxygen atoms in total. The quantitative estimate of drug-likeness (QED) is 0.0421. The van der Waals surface area contributed by atoms with Crippen molar-refractivity contribution in [3.05, 3.63) is 0 Å². The molecule has 308 valence electrons. The zero-order valence-electron chi connectivity index (χ0n) is 35.0. The summed E-state index contributed by atoms with van der Waals surface area (Å²) in [4.78, 5) is 60.7. The van der Waals surface area contributed by atoms with Gasteiger partial charge in [0, 0.05) is 79.0 Å². The van der Waals surface area contributed by atoms with Gasteiger partial charge in [0.15, 0.2) is 0 Å². The van der Waals surface area contributed by atoms with Crippen LogP contribution in [-0.2, 0) is 47.7 Å². The van der Waals surface area contributed by atoms with E-state index in [4.69, 9.17) is 23.7 Å². The van der Waals surface area contributed by atoms with E-state index in [-0.39, 0.29) is 48.4 Å². The molecule has 52 heavy (non-hydrogen) atoms. The van der Waals surface area contributed by atoms with Gasteiger partial charge in [0.1, 0.15) is 30.9 Å². The lowest BCUT2D eigenvalue weighted by Crippen LogP contribution is -2.41. The molecule has 0 aliphatic carbocycles. The van der Waals surface area contributed by atoms with Gasteiger partial charge in [-0.25, -0.2) is 0 Å². The van der Waals surface area contributed by atoms with Crippen molar-refractivity contribution in [1.29, 1.82) is 0 Å². The molecule has 0 heterocycles. The van der Waals surface area contributed by atoms with Gasteiger partial charge in [0.25, 0.3) is 0 Å². The Balaban J connectivity index is -0.00000269. The molecule has 0 bridgehead atoms. The first-order valence-corrected chi connectivity index (χ1v) is 19.4. The Kier molecular flexibility index (Phi) is 38.2. The zero-order chi connectivity index (χ0) is 40.3. The minimum absolute atomic E-state index is 0.0815. The molecule has 0 saturated heterocycles. The van der Waals surface area contributed by atoms with Crippen molar-refractivity contribution in [3.8, 4) is 0 Å². The third kappa shape index (κ3) is 34.6. The van der Waals surface area contributed by atoms with Crippen LogP contribution in [0.15, 0.2) is 0 Å². The molecule has 5 unspecified atom stereocenters. The number of esters is 3. The molecule has 13 heteroatoms. The van der Waals surface area contributed by atoms with Crippen molar-refractivity contribution in [3.63, 3.8) is 0 Å². The lowest BCUT2D eigenvalue weighted by molar-refractivity contribution is -0.150. The Morgan fingerprint density at radius 2 is 0.712 bits per heavy atom. The highest BCUT2D eigenvalue weighted by atomic mass is 16.6. The zero-order valence-corrected chi connectivity index (χ0v) is 35.0. The Labute approximate surface area is 316 Å². The van der Waals surface area contributed by atoms with E-state index in [1.54, 1.807) is 28.1 Å². The van der Waals surface area contributed by atoms with E-state index in [2.05, 4.69) is 28.5 Å². The molecular formula is C39H77N3O10. The molecule has 0 N–H and O–H groups in total. The first kappa shape index (κ1) is 53.9. The number of ether oxygens (including phenoxy) is 5. The molecule has 0 aromatic heterocycles. The summed E-state index contributed by atoms with van der Waals surface area (Å²) in [6.45, 7) is 25.9. The Morgan fingerprint density at radius 3 is 1.00 bits per heavy atom. The molecule has 0 aliphatic rings. The molecule has 5 atom stereocenters. The van der Waals surface area contributed by atoms with E-state index in [0.717, 1.165) is 71.1 Å². The molecule has 0 radical (unpaired) electrons. The molecule has 0 fully saturated rings. The lowest BCUT2D eigenvalue weighted by Gasteiger charge is -2.30. The molecule has 0 aromatic rings. The van der Waals surface area contributed by atoms with Crippen LogP contribution < -0.4 is 0 Å². The monoisotopic (exact) mass is 748 g/mol. The van der Waals surface area contributed by atoms with E-state index in [1.807, 2.05) is 41.5 Å². The lowest BCUT2D eigenvalue weighted by atomic mass is 10.2. The van der Waals surface area contributed by atoms with Gasteiger partial charge in [-0.15, -0.1) is 0 Å². The van der Waals surface area contributed by atoms with Crippen LogP contribution in [-0.4, -0.2) is 149 Å². The number of methoxy groups -OCH3 is 2. The molecule has 0 amide bonds. The number of hydrogen-bond donors (Lipinski definition) is 0. The predicted molar refractivity (Wildman–Crippen MR) is 206 cm³/mol. The normalized spacial score (nSPS) is 13.8. The van der Waals surface area contributed by atoms with Crippen LogP contribution in [0.4, 0.5) is 0 Å². The van der Waals surface area contributed by atoms with Crippen molar-refractivity contribution >= 4 is 30.5 Å². The summed E-state index contributed by atoms with van der Waals surface area (Å²) in [5.74, 6) is -0.599. The Hall–Kier alpha value is -2.45. The average molecular weight is 748 g/mol. The average Bonchev–Trinajstić information content (AvgIpc) is 3.12. The van der Waals surface area contributed by atoms with Crippen molar-refractivity contribution in [2.75, 3.05) is 73.1 Å². The number of nitrogens with zero attached hydrogens (tertiary/aromatic N) is 3. The maximum absolute atomic E-state index is 11.8. The van der Waals surface area contributed by atoms with E-state index in [1.165, 1.54) is 0 Å². The highest BCUT2D eigenvalue weighted by Crippen LogP contribution is 2.09. The highest BCUT2D eigenvalue weighted by molar-refractivity contribution is 5.69. The summed E-state index contributed by atoms with van der Waals surface area (Å²) < 4.78 is 27.6. The van der Waals surface area contributed by atoms with Crippen molar-refractivity contribution in [2.45, 2.75) is 151 Å². The van der Waals surface area contributed by atoms with Crippen LogP contribution >= 0.6 is 0 Å². The second-order valence-corrected chi connectivity index (χ2v) is 13.1. The maximum atomic E-state index is 11.8. The summed E-state index contributed by atoms with van der Waals surface area (Å²) in [7, 11) is 3.46. The number of aldehydes is 2. The number of carbonyl (C=O) groups excluding carboxylic acids is 5. The summed E-state index contributed by atoms with van der Waals surface area (Å²) in [5, 5.41) is 0. The van der Waals surface area contributed by atoms with Gasteiger partial charge in [0.2, 0.25) is 0 Å². The van der Waals surface area contributed by atoms with Crippen LogP contribution in [0.25, 0.3) is 0 Å². The largest absolute Gasteiger partial charge is 0.461 e. The van der Waals surface area contributed by atoms with Crippen LogP contribution in [0.5, 0.6) is 0 Å². The fourth-order valence-corrected chi connectivity index (χ4v) is 5.00. The molecule has 0 rings (SSSR count). The van der Waals surface area contributed by atoms with Gasteiger partial charge >= 0.3 is 17.9 Å². The van der Waals surface area contributed by atoms with Gasteiger partial charge < -0.3 is 38.2 Å². The second kappa shape index (κ2) is 36.9. The number of carbonyl (C=O) groups is 5. The van der Waals surface area contributed by atoms with Gasteiger partial charge in [0.05, 0.1) is 12.2 Å². The fraction of sp³-hybridized carbons (Fsp3) is 0.872. The number of rotatable bonds is 29. The fourth-order valence-electron chi connectivity index (χ4n) is 5.00. The minimum atomic E-state index is -0.243. The second-order valence-electron chi connectivity index (χ2n) is 13.1. The molecule has 0 saturated carbocycles. The summed E-state index contributed by atoms with van der Waals surface area (Å²) in [6, 6.07) is 0. The van der Waals surface area contributed by atoms with Gasteiger partial charge in [-0.1, -0.05) is 34.6 Å². The van der Waals surface area contributed by atoms with Crippen molar-refractivity contribution in [2.24, 2.45) is 0 Å². The number of unbranched alkanes of at least 4 members (excludes halogenated alkanes) is 1. The molecule has 0 spiro atoms. The molecule has 0 aromatic carbocycles. The van der Waals surface area contributed by atoms with Gasteiger partial charge in [-0.05, 0) is 80.1 Å². The first-order chi connectivity index (χ1) is 24.7.